The molecule has 6 heteroatoms. The molecule has 0 bridgehead atoms. The summed E-state index contributed by atoms with van der Waals surface area (Å²) >= 11 is 6.20. The lowest BCUT2D eigenvalue weighted by Crippen LogP contribution is -2.24. The minimum atomic E-state index is -0.476. The highest BCUT2D eigenvalue weighted by Gasteiger charge is 2.18. The molecule has 0 unspecified atom stereocenters. The van der Waals surface area contributed by atoms with Gasteiger partial charge in [-0.25, -0.2) is 0 Å². The molecule has 1 heterocycles. The predicted octanol–water partition coefficient (Wildman–Crippen LogP) is 4.24. The first-order valence-electron chi connectivity index (χ1n) is 8.24. The number of amides is 1. The zero-order valence-corrected chi connectivity index (χ0v) is 15.6. The maximum Gasteiger partial charge on any atom is 0.261 e. The molecule has 1 N–H and O–H groups in total. The van der Waals surface area contributed by atoms with Gasteiger partial charge in [-0.1, -0.05) is 23.7 Å². The lowest BCUT2D eigenvalue weighted by molar-refractivity contribution is 0.102. The van der Waals surface area contributed by atoms with Crippen LogP contribution < -0.4 is 15.5 Å². The Balaban J connectivity index is 2.14. The van der Waals surface area contributed by atoms with Crippen LogP contribution in [0.4, 0.5) is 5.69 Å². The van der Waals surface area contributed by atoms with E-state index in [2.05, 4.69) is 5.32 Å². The number of fused-ring (bicyclic) bond motifs is 1. The second kappa shape index (κ2) is 7.22. The van der Waals surface area contributed by atoms with Crippen molar-refractivity contribution in [2.45, 2.75) is 20.4 Å². The fourth-order valence-corrected chi connectivity index (χ4v) is 3.15. The molecule has 1 aromatic heterocycles. The fraction of sp³-hybridized carbons (Fsp3) is 0.200. The third kappa shape index (κ3) is 3.06. The number of methoxy groups -OCH3 is 1. The van der Waals surface area contributed by atoms with Gasteiger partial charge in [0.1, 0.15) is 11.3 Å². The summed E-state index contributed by atoms with van der Waals surface area (Å²) in [5.41, 5.74) is 1.83. The Kier molecular flexibility index (Phi) is 5.00. The van der Waals surface area contributed by atoms with Crippen molar-refractivity contribution in [3.8, 4) is 5.75 Å². The van der Waals surface area contributed by atoms with Gasteiger partial charge in [-0.2, -0.15) is 0 Å². The van der Waals surface area contributed by atoms with E-state index < -0.39 is 5.91 Å². The van der Waals surface area contributed by atoms with E-state index in [0.717, 1.165) is 11.1 Å². The van der Waals surface area contributed by atoms with Gasteiger partial charge in [0.25, 0.3) is 5.91 Å². The zero-order chi connectivity index (χ0) is 18.8. The van der Waals surface area contributed by atoms with E-state index in [1.165, 1.54) is 7.11 Å². The van der Waals surface area contributed by atoms with E-state index in [4.69, 9.17) is 16.3 Å². The van der Waals surface area contributed by atoms with Gasteiger partial charge in [-0.05, 0) is 43.7 Å². The van der Waals surface area contributed by atoms with Gasteiger partial charge in [0.15, 0.2) is 0 Å². The highest BCUT2D eigenvalue weighted by molar-refractivity contribution is 6.32. The van der Waals surface area contributed by atoms with Crippen molar-refractivity contribution in [3.63, 3.8) is 0 Å². The average molecular weight is 371 g/mol. The molecule has 5 nitrogen and oxygen atoms in total. The summed E-state index contributed by atoms with van der Waals surface area (Å²) in [5.74, 6) is 0.0521. The molecule has 0 atom stereocenters. The van der Waals surface area contributed by atoms with Crippen LogP contribution in [0, 0.1) is 6.92 Å². The van der Waals surface area contributed by atoms with E-state index in [-0.39, 0.29) is 11.0 Å². The molecule has 3 rings (SSSR count). The molecule has 134 valence electrons. The molecule has 3 aromatic rings. The van der Waals surface area contributed by atoms with Crippen LogP contribution in [0.2, 0.25) is 5.02 Å². The van der Waals surface area contributed by atoms with E-state index in [0.29, 0.717) is 28.4 Å². The number of halogens is 1. The van der Waals surface area contributed by atoms with Gasteiger partial charge in [0.2, 0.25) is 5.43 Å². The molecule has 0 saturated carbocycles. The minimum absolute atomic E-state index is 0.0759. The van der Waals surface area contributed by atoms with Crippen molar-refractivity contribution >= 4 is 34.1 Å². The molecule has 0 aliphatic rings. The third-order valence-corrected chi connectivity index (χ3v) is 4.78. The molecule has 0 saturated heterocycles. The molecular formula is C20H19ClN2O3. The number of nitrogens with one attached hydrogen (secondary N) is 1. The molecule has 2 aromatic carbocycles. The van der Waals surface area contributed by atoms with Crippen LogP contribution in [0.3, 0.4) is 0 Å². The minimum Gasteiger partial charge on any atom is -0.495 e. The second-order valence-corrected chi connectivity index (χ2v) is 6.29. The summed E-state index contributed by atoms with van der Waals surface area (Å²) in [6, 6.07) is 10.4. The first-order chi connectivity index (χ1) is 12.5. The van der Waals surface area contributed by atoms with E-state index in [9.17, 15) is 9.59 Å². The first-order valence-corrected chi connectivity index (χ1v) is 8.62. The number of aromatic nitrogens is 1. The summed E-state index contributed by atoms with van der Waals surface area (Å²) in [6.45, 7) is 4.42. The van der Waals surface area contributed by atoms with Gasteiger partial charge in [-0.3, -0.25) is 9.59 Å². The molecule has 1 amide bonds. The smallest absolute Gasteiger partial charge is 0.261 e. The summed E-state index contributed by atoms with van der Waals surface area (Å²) < 4.78 is 7.11. The normalized spacial score (nSPS) is 10.8. The monoisotopic (exact) mass is 370 g/mol. The van der Waals surface area contributed by atoms with E-state index in [1.54, 1.807) is 42.6 Å². The van der Waals surface area contributed by atoms with Crippen LogP contribution >= 0.6 is 11.6 Å². The summed E-state index contributed by atoms with van der Waals surface area (Å²) in [7, 11) is 1.53. The summed E-state index contributed by atoms with van der Waals surface area (Å²) in [4.78, 5) is 25.7. The van der Waals surface area contributed by atoms with Gasteiger partial charge in [0, 0.05) is 23.2 Å². The lowest BCUT2D eigenvalue weighted by atomic mass is 10.1. The number of anilines is 1. The van der Waals surface area contributed by atoms with Crippen LogP contribution in [-0.2, 0) is 6.54 Å². The number of nitrogens with zero attached hydrogens (tertiary/aromatic N) is 1. The number of hydrogen-bond acceptors (Lipinski definition) is 3. The Hall–Kier alpha value is -2.79. The van der Waals surface area contributed by atoms with Crippen molar-refractivity contribution in [1.82, 2.24) is 4.57 Å². The standard InChI is InChI=1S/C20H19ClN2O3/c1-4-23-11-14(19(24)13-9-10-15(21)12(2)18(13)23)20(25)22-16-7-5-6-8-17(16)26-3/h5-11H,4H2,1-3H3,(H,22,25). The number of para-hydroxylation sites is 2. The maximum absolute atomic E-state index is 12.9. The number of aryl methyl sites for hydroxylation is 2. The van der Waals surface area contributed by atoms with Gasteiger partial charge < -0.3 is 14.6 Å². The highest BCUT2D eigenvalue weighted by atomic mass is 35.5. The summed E-state index contributed by atoms with van der Waals surface area (Å²) in [5, 5.41) is 3.82. The van der Waals surface area contributed by atoms with Crippen LogP contribution in [0.1, 0.15) is 22.8 Å². The van der Waals surface area contributed by atoms with Crippen molar-refractivity contribution in [2.75, 3.05) is 12.4 Å². The topological polar surface area (TPSA) is 60.3 Å². The number of carbonyl (C=O) groups excluding carboxylic acids is 1. The van der Waals surface area contributed by atoms with Gasteiger partial charge in [-0.15, -0.1) is 0 Å². The molecule has 0 aliphatic carbocycles. The number of hydrogen-bond donors (Lipinski definition) is 1. The molecule has 0 spiro atoms. The predicted molar refractivity (Wildman–Crippen MR) is 105 cm³/mol. The summed E-state index contributed by atoms with van der Waals surface area (Å²) in [6.07, 6.45) is 1.58. The molecule has 26 heavy (non-hydrogen) atoms. The Morgan fingerprint density at radius 3 is 2.65 bits per heavy atom. The molecule has 0 aliphatic heterocycles. The van der Waals surface area contributed by atoms with Crippen LogP contribution in [-0.4, -0.2) is 17.6 Å². The highest BCUT2D eigenvalue weighted by Crippen LogP contribution is 2.26. The largest absolute Gasteiger partial charge is 0.495 e. The maximum atomic E-state index is 12.9. The SMILES string of the molecule is CCn1cc(C(=O)Nc2ccccc2OC)c(=O)c2ccc(Cl)c(C)c21. The second-order valence-electron chi connectivity index (χ2n) is 5.88. The number of benzene rings is 2. The Morgan fingerprint density at radius 2 is 1.96 bits per heavy atom. The van der Waals surface area contributed by atoms with Crippen molar-refractivity contribution in [3.05, 3.63) is 69.0 Å². The Labute approximate surface area is 156 Å². The first kappa shape index (κ1) is 18.0. The van der Waals surface area contributed by atoms with Crippen LogP contribution in [0.25, 0.3) is 10.9 Å². The number of pyridine rings is 1. The number of rotatable bonds is 4. The Morgan fingerprint density at radius 1 is 1.23 bits per heavy atom. The molecule has 0 radical (unpaired) electrons. The quantitative estimate of drug-likeness (QED) is 0.747. The average Bonchev–Trinajstić information content (AvgIpc) is 2.65. The van der Waals surface area contributed by atoms with E-state index in [1.807, 2.05) is 18.4 Å². The van der Waals surface area contributed by atoms with Crippen LogP contribution in [0.15, 0.2) is 47.4 Å². The third-order valence-electron chi connectivity index (χ3n) is 4.37. The van der Waals surface area contributed by atoms with Crippen molar-refractivity contribution < 1.29 is 9.53 Å². The van der Waals surface area contributed by atoms with Gasteiger partial charge in [0.05, 0.1) is 18.3 Å². The van der Waals surface area contributed by atoms with Crippen molar-refractivity contribution in [1.29, 1.82) is 0 Å². The van der Waals surface area contributed by atoms with Crippen molar-refractivity contribution in [2.24, 2.45) is 0 Å². The van der Waals surface area contributed by atoms with E-state index >= 15 is 0 Å². The van der Waals surface area contributed by atoms with Gasteiger partial charge >= 0.3 is 0 Å². The zero-order valence-electron chi connectivity index (χ0n) is 14.8. The number of carbonyl (C=O) groups is 1. The lowest BCUT2D eigenvalue weighted by Gasteiger charge is -2.15. The van der Waals surface area contributed by atoms with Crippen LogP contribution in [0.5, 0.6) is 5.75 Å². The molecule has 0 fully saturated rings. The number of ether oxygens (including phenoxy) is 1. The fourth-order valence-electron chi connectivity index (χ4n) is 3.00. The Bertz CT molecular complexity index is 1060. The molecular weight excluding hydrogens is 352 g/mol.